The van der Waals surface area contributed by atoms with Gasteiger partial charge in [0, 0.05) is 11.3 Å². The van der Waals surface area contributed by atoms with Crippen molar-refractivity contribution < 1.29 is 13.9 Å². The standard InChI is InChI=1S/C24H22N2O3/c1-15-8-10-19(12-17(15)3)28-14-23(27)25-18-9-11-22-21(13-18)26-24(29-22)20-7-5-4-6-16(20)2/h4-13H,14H2,1-3H3,(H,25,27). The molecule has 1 N–H and O–H groups in total. The maximum atomic E-state index is 12.3. The third kappa shape index (κ3) is 4.14. The average Bonchev–Trinajstić information content (AvgIpc) is 3.12. The van der Waals surface area contributed by atoms with Crippen molar-refractivity contribution in [1.29, 1.82) is 0 Å². The van der Waals surface area contributed by atoms with Crippen LogP contribution in [0.1, 0.15) is 16.7 Å². The van der Waals surface area contributed by atoms with Crippen LogP contribution < -0.4 is 10.1 Å². The number of oxazole rings is 1. The first kappa shape index (κ1) is 18.7. The first-order valence-electron chi connectivity index (χ1n) is 9.46. The van der Waals surface area contributed by atoms with E-state index in [1.165, 1.54) is 5.56 Å². The first-order chi connectivity index (χ1) is 14.0. The lowest BCUT2D eigenvalue weighted by Gasteiger charge is -2.09. The summed E-state index contributed by atoms with van der Waals surface area (Å²) in [7, 11) is 0. The van der Waals surface area contributed by atoms with Gasteiger partial charge in [-0.25, -0.2) is 4.98 Å². The van der Waals surface area contributed by atoms with Crippen molar-refractivity contribution in [3.8, 4) is 17.2 Å². The second-order valence-corrected chi connectivity index (χ2v) is 7.10. The molecule has 4 rings (SSSR count). The number of aromatic nitrogens is 1. The summed E-state index contributed by atoms with van der Waals surface area (Å²) in [5, 5.41) is 2.85. The summed E-state index contributed by atoms with van der Waals surface area (Å²) in [6.45, 7) is 6.01. The molecule has 5 nitrogen and oxygen atoms in total. The number of hydrogen-bond acceptors (Lipinski definition) is 4. The van der Waals surface area contributed by atoms with E-state index >= 15 is 0 Å². The summed E-state index contributed by atoms with van der Waals surface area (Å²) in [6, 6.07) is 19.1. The molecule has 1 amide bonds. The molecule has 0 saturated heterocycles. The van der Waals surface area contributed by atoms with Gasteiger partial charge in [0.2, 0.25) is 5.89 Å². The molecule has 5 heteroatoms. The van der Waals surface area contributed by atoms with Crippen molar-refractivity contribution >= 4 is 22.7 Å². The van der Waals surface area contributed by atoms with Crippen LogP contribution in [0.4, 0.5) is 5.69 Å². The minimum atomic E-state index is -0.231. The van der Waals surface area contributed by atoms with E-state index in [1.54, 1.807) is 12.1 Å². The minimum absolute atomic E-state index is 0.0617. The van der Waals surface area contributed by atoms with E-state index in [2.05, 4.69) is 10.3 Å². The smallest absolute Gasteiger partial charge is 0.262 e. The van der Waals surface area contributed by atoms with Gasteiger partial charge in [-0.15, -0.1) is 0 Å². The second kappa shape index (κ2) is 7.80. The summed E-state index contributed by atoms with van der Waals surface area (Å²) in [5.41, 5.74) is 6.38. The zero-order valence-corrected chi connectivity index (χ0v) is 16.7. The fourth-order valence-corrected chi connectivity index (χ4v) is 3.08. The van der Waals surface area contributed by atoms with Crippen LogP contribution in [0.25, 0.3) is 22.6 Å². The lowest BCUT2D eigenvalue weighted by Crippen LogP contribution is -2.20. The molecule has 4 aromatic rings. The SMILES string of the molecule is Cc1ccc(OCC(=O)Nc2ccc3oc(-c4ccccc4C)nc3c2)cc1C. The summed E-state index contributed by atoms with van der Waals surface area (Å²) < 4.78 is 11.5. The van der Waals surface area contributed by atoms with Crippen molar-refractivity contribution in [1.82, 2.24) is 4.98 Å². The molecule has 0 saturated carbocycles. The number of anilines is 1. The molecule has 1 heterocycles. The van der Waals surface area contributed by atoms with Gasteiger partial charge in [0.05, 0.1) is 0 Å². The molecule has 0 radical (unpaired) electrons. The Morgan fingerprint density at radius 3 is 2.59 bits per heavy atom. The molecule has 0 aliphatic carbocycles. The van der Waals surface area contributed by atoms with E-state index in [1.807, 2.05) is 69.3 Å². The van der Waals surface area contributed by atoms with Gasteiger partial charge in [-0.05, 0) is 73.9 Å². The number of benzene rings is 3. The maximum Gasteiger partial charge on any atom is 0.262 e. The number of rotatable bonds is 5. The van der Waals surface area contributed by atoms with Gasteiger partial charge >= 0.3 is 0 Å². The molecule has 29 heavy (non-hydrogen) atoms. The Bertz CT molecular complexity index is 1190. The Hall–Kier alpha value is -3.60. The highest BCUT2D eigenvalue weighted by atomic mass is 16.5. The Kier molecular flexibility index (Phi) is 5.04. The first-order valence-corrected chi connectivity index (χ1v) is 9.46. The predicted molar refractivity (Wildman–Crippen MR) is 114 cm³/mol. The summed E-state index contributed by atoms with van der Waals surface area (Å²) >= 11 is 0. The lowest BCUT2D eigenvalue weighted by atomic mass is 10.1. The van der Waals surface area contributed by atoms with Gasteiger partial charge in [-0.3, -0.25) is 4.79 Å². The van der Waals surface area contributed by atoms with Crippen LogP contribution in [-0.2, 0) is 4.79 Å². The van der Waals surface area contributed by atoms with Crippen molar-refractivity contribution in [3.63, 3.8) is 0 Å². The fraction of sp³-hybridized carbons (Fsp3) is 0.167. The van der Waals surface area contributed by atoms with Gasteiger partial charge in [-0.1, -0.05) is 24.3 Å². The van der Waals surface area contributed by atoms with Crippen molar-refractivity contribution in [2.45, 2.75) is 20.8 Å². The molecule has 0 bridgehead atoms. The number of carbonyl (C=O) groups excluding carboxylic acids is 1. The number of amides is 1. The number of aryl methyl sites for hydroxylation is 3. The molecule has 0 unspecified atom stereocenters. The van der Waals surface area contributed by atoms with Crippen molar-refractivity contribution in [2.75, 3.05) is 11.9 Å². The van der Waals surface area contributed by atoms with Crippen LogP contribution in [-0.4, -0.2) is 17.5 Å². The molecule has 0 aliphatic heterocycles. The molecule has 146 valence electrons. The number of fused-ring (bicyclic) bond motifs is 1. The topological polar surface area (TPSA) is 64.4 Å². The van der Waals surface area contributed by atoms with Crippen LogP contribution >= 0.6 is 0 Å². The zero-order valence-electron chi connectivity index (χ0n) is 16.7. The Morgan fingerprint density at radius 2 is 1.79 bits per heavy atom. The number of nitrogens with zero attached hydrogens (tertiary/aromatic N) is 1. The van der Waals surface area contributed by atoms with Crippen molar-refractivity contribution in [2.24, 2.45) is 0 Å². The highest BCUT2D eigenvalue weighted by Gasteiger charge is 2.12. The summed E-state index contributed by atoms with van der Waals surface area (Å²) in [5.74, 6) is 1.02. The molecule has 0 aliphatic rings. The largest absolute Gasteiger partial charge is 0.484 e. The van der Waals surface area contributed by atoms with Crippen LogP contribution in [0.2, 0.25) is 0 Å². The van der Waals surface area contributed by atoms with E-state index in [0.29, 0.717) is 28.4 Å². The number of carbonyl (C=O) groups is 1. The molecule has 1 aromatic heterocycles. The van der Waals surface area contributed by atoms with Gasteiger partial charge in [-0.2, -0.15) is 0 Å². The molecule has 3 aromatic carbocycles. The number of ether oxygens (including phenoxy) is 1. The molecule has 0 fully saturated rings. The van der Waals surface area contributed by atoms with E-state index in [9.17, 15) is 4.79 Å². The Balaban J connectivity index is 1.46. The monoisotopic (exact) mass is 386 g/mol. The van der Waals surface area contributed by atoms with Crippen LogP contribution in [0, 0.1) is 20.8 Å². The lowest BCUT2D eigenvalue weighted by molar-refractivity contribution is -0.118. The van der Waals surface area contributed by atoms with Gasteiger partial charge in [0.25, 0.3) is 5.91 Å². The summed E-state index contributed by atoms with van der Waals surface area (Å²) in [4.78, 5) is 16.8. The molecule has 0 spiro atoms. The second-order valence-electron chi connectivity index (χ2n) is 7.10. The van der Waals surface area contributed by atoms with Gasteiger partial charge < -0.3 is 14.5 Å². The molecular formula is C24H22N2O3. The minimum Gasteiger partial charge on any atom is -0.484 e. The highest BCUT2D eigenvalue weighted by molar-refractivity contribution is 5.94. The summed E-state index contributed by atoms with van der Waals surface area (Å²) in [6.07, 6.45) is 0. The van der Waals surface area contributed by atoms with Gasteiger partial charge in [0.1, 0.15) is 11.3 Å². The Labute approximate surface area is 169 Å². The zero-order chi connectivity index (χ0) is 20.4. The normalized spacial score (nSPS) is 10.9. The van der Waals surface area contributed by atoms with E-state index < -0.39 is 0 Å². The Morgan fingerprint density at radius 1 is 0.966 bits per heavy atom. The average molecular weight is 386 g/mol. The van der Waals surface area contributed by atoms with E-state index in [-0.39, 0.29) is 12.5 Å². The quantitative estimate of drug-likeness (QED) is 0.496. The number of hydrogen-bond donors (Lipinski definition) is 1. The maximum absolute atomic E-state index is 12.3. The van der Waals surface area contributed by atoms with E-state index in [4.69, 9.17) is 9.15 Å². The van der Waals surface area contributed by atoms with Gasteiger partial charge in [0.15, 0.2) is 12.2 Å². The predicted octanol–water partition coefficient (Wildman–Crippen LogP) is 5.44. The third-order valence-electron chi connectivity index (χ3n) is 4.90. The molecular weight excluding hydrogens is 364 g/mol. The fourth-order valence-electron chi connectivity index (χ4n) is 3.08. The third-order valence-corrected chi connectivity index (χ3v) is 4.90. The van der Waals surface area contributed by atoms with Crippen LogP contribution in [0.15, 0.2) is 65.1 Å². The van der Waals surface area contributed by atoms with Crippen LogP contribution in [0.3, 0.4) is 0 Å². The van der Waals surface area contributed by atoms with Crippen LogP contribution in [0.5, 0.6) is 5.75 Å². The molecule has 0 atom stereocenters. The highest BCUT2D eigenvalue weighted by Crippen LogP contribution is 2.28. The van der Waals surface area contributed by atoms with E-state index in [0.717, 1.165) is 16.7 Å². The number of nitrogens with one attached hydrogen (secondary N) is 1. The van der Waals surface area contributed by atoms with Crippen molar-refractivity contribution in [3.05, 3.63) is 77.4 Å².